The van der Waals surface area contributed by atoms with Crippen LogP contribution in [0.5, 0.6) is 0 Å². The Morgan fingerprint density at radius 3 is 1.19 bits per heavy atom. The van der Waals surface area contributed by atoms with Gasteiger partial charge in [-0.3, -0.25) is 19.4 Å². The summed E-state index contributed by atoms with van der Waals surface area (Å²) in [5.41, 5.74) is 7.78. The molecule has 0 saturated heterocycles. The van der Waals surface area contributed by atoms with Gasteiger partial charge in [0.05, 0.1) is 11.4 Å². The molecule has 0 radical (unpaired) electrons. The van der Waals surface area contributed by atoms with Crippen molar-refractivity contribution < 1.29 is 19.1 Å². The minimum atomic E-state index is -1.81. The Morgan fingerprint density at radius 2 is 0.935 bits per heavy atom. The number of hydrogen-bond acceptors (Lipinski definition) is 6. The van der Waals surface area contributed by atoms with Crippen LogP contribution >= 0.6 is 0 Å². The molecular weight excluding hydrogens is 392 g/mol. The van der Waals surface area contributed by atoms with Gasteiger partial charge >= 0.3 is 18.0 Å². The number of hydrogen-bond donors (Lipinski definition) is 0. The highest BCUT2D eigenvalue weighted by Gasteiger charge is 2.54. The molecule has 0 N–H and O–H groups in total. The zero-order chi connectivity index (χ0) is 23.1. The number of esters is 2. The second kappa shape index (κ2) is 8.10. The topological polar surface area (TPSA) is 59.1 Å². The summed E-state index contributed by atoms with van der Waals surface area (Å²) < 4.78 is 11.7. The van der Waals surface area contributed by atoms with E-state index in [-0.39, 0.29) is 0 Å². The number of carbonyl (C=O) groups excluding carboxylic acids is 2. The van der Waals surface area contributed by atoms with Crippen LogP contribution in [0.1, 0.15) is 47.2 Å². The van der Waals surface area contributed by atoms with E-state index in [2.05, 4.69) is 0 Å². The molecule has 3 rings (SSSR count). The fourth-order valence-corrected chi connectivity index (χ4v) is 4.57. The molecule has 164 valence electrons. The van der Waals surface area contributed by atoms with Gasteiger partial charge in [0.1, 0.15) is 0 Å². The fraction of sp³-hybridized carbons (Fsp3) is 0.360. The predicted molar refractivity (Wildman–Crippen MR) is 122 cm³/mol. The number of anilines is 2. The maximum absolute atomic E-state index is 12.3. The Morgan fingerprint density at radius 1 is 0.645 bits per heavy atom. The third-order valence-electron chi connectivity index (χ3n) is 5.28. The van der Waals surface area contributed by atoms with Gasteiger partial charge in [0.2, 0.25) is 0 Å². The van der Waals surface area contributed by atoms with Crippen molar-refractivity contribution in [2.24, 2.45) is 0 Å². The maximum atomic E-state index is 12.3. The van der Waals surface area contributed by atoms with Gasteiger partial charge in [-0.1, -0.05) is 35.4 Å². The Hall–Kier alpha value is -3.28. The Kier molecular flexibility index (Phi) is 5.85. The standard InChI is InChI=1S/C25H30N2O4/c1-15-11-17(3)23(18(4)12-15)26-9-10-27(24-19(5)13-16(2)14-20(24)6)25(26,30-21(7)28)31-22(8)29/h9-14H,1-8H3. The van der Waals surface area contributed by atoms with E-state index in [0.29, 0.717) is 0 Å². The zero-order valence-corrected chi connectivity index (χ0v) is 19.5. The van der Waals surface area contributed by atoms with E-state index in [0.717, 1.165) is 44.8 Å². The fourth-order valence-electron chi connectivity index (χ4n) is 4.57. The molecule has 1 heterocycles. The number of benzene rings is 2. The summed E-state index contributed by atoms with van der Waals surface area (Å²) >= 11 is 0. The van der Waals surface area contributed by atoms with E-state index in [4.69, 9.17) is 9.47 Å². The lowest BCUT2D eigenvalue weighted by atomic mass is 10.0. The van der Waals surface area contributed by atoms with Crippen LogP contribution in [-0.4, -0.2) is 18.0 Å². The lowest BCUT2D eigenvalue weighted by Crippen LogP contribution is -2.60. The van der Waals surface area contributed by atoms with E-state index < -0.39 is 18.0 Å². The number of rotatable bonds is 4. The first kappa shape index (κ1) is 22.4. The Labute approximate surface area is 184 Å². The average Bonchev–Trinajstić information content (AvgIpc) is 2.90. The highest BCUT2D eigenvalue weighted by atomic mass is 16.8. The van der Waals surface area contributed by atoms with Crippen molar-refractivity contribution in [2.45, 2.75) is 61.4 Å². The molecule has 1 aliphatic heterocycles. The summed E-state index contributed by atoms with van der Waals surface area (Å²) in [6.45, 7) is 14.6. The summed E-state index contributed by atoms with van der Waals surface area (Å²) in [5.74, 6) is -1.13. The second-order valence-corrected chi connectivity index (χ2v) is 8.27. The van der Waals surface area contributed by atoms with Gasteiger partial charge in [0.25, 0.3) is 0 Å². The molecule has 0 saturated carbocycles. The van der Waals surface area contributed by atoms with Crippen molar-refractivity contribution in [3.05, 3.63) is 70.0 Å². The zero-order valence-electron chi connectivity index (χ0n) is 19.5. The average molecular weight is 423 g/mol. The molecule has 0 aliphatic carbocycles. The number of ether oxygens (including phenoxy) is 2. The third kappa shape index (κ3) is 4.02. The van der Waals surface area contributed by atoms with E-state index in [1.807, 2.05) is 65.8 Å². The van der Waals surface area contributed by atoms with Crippen molar-refractivity contribution in [3.63, 3.8) is 0 Å². The smallest absolute Gasteiger partial charge is 0.385 e. The van der Waals surface area contributed by atoms with Crippen LogP contribution in [0.2, 0.25) is 0 Å². The monoisotopic (exact) mass is 422 g/mol. The van der Waals surface area contributed by atoms with Crippen molar-refractivity contribution in [3.8, 4) is 0 Å². The van der Waals surface area contributed by atoms with Crippen molar-refractivity contribution in [2.75, 3.05) is 9.80 Å². The summed E-state index contributed by atoms with van der Waals surface area (Å²) in [7, 11) is 0. The Balaban J connectivity index is 2.30. The summed E-state index contributed by atoms with van der Waals surface area (Å²) in [4.78, 5) is 28.0. The van der Waals surface area contributed by atoms with Crippen LogP contribution in [0.3, 0.4) is 0 Å². The Bertz CT molecular complexity index is 955. The lowest BCUT2D eigenvalue weighted by molar-refractivity contribution is -0.219. The van der Waals surface area contributed by atoms with Gasteiger partial charge < -0.3 is 9.47 Å². The van der Waals surface area contributed by atoms with Crippen LogP contribution in [-0.2, 0) is 19.1 Å². The summed E-state index contributed by atoms with van der Waals surface area (Å²) in [6.07, 6.45) is 3.57. The lowest BCUT2D eigenvalue weighted by Gasteiger charge is -2.43. The summed E-state index contributed by atoms with van der Waals surface area (Å²) in [5, 5.41) is 0. The van der Waals surface area contributed by atoms with Crippen LogP contribution in [0.15, 0.2) is 36.7 Å². The van der Waals surface area contributed by atoms with Gasteiger partial charge in [-0.15, -0.1) is 0 Å². The van der Waals surface area contributed by atoms with E-state index in [1.165, 1.54) is 13.8 Å². The molecule has 31 heavy (non-hydrogen) atoms. The first-order valence-electron chi connectivity index (χ1n) is 10.3. The number of nitrogens with zero attached hydrogens (tertiary/aromatic N) is 2. The van der Waals surface area contributed by atoms with Crippen LogP contribution in [0, 0.1) is 41.5 Å². The normalized spacial score (nSPS) is 14.7. The van der Waals surface area contributed by atoms with Crippen molar-refractivity contribution >= 4 is 23.3 Å². The molecular formula is C25H30N2O4. The maximum Gasteiger partial charge on any atom is 0.447 e. The van der Waals surface area contributed by atoms with Gasteiger partial charge in [-0.25, -0.2) is 0 Å². The molecule has 0 amide bonds. The SMILES string of the molecule is CC(=O)OC1(OC(C)=O)N(c2c(C)cc(C)cc2C)C=CN1c1c(C)cc(C)cc1C. The molecule has 0 spiro atoms. The molecule has 0 unspecified atom stereocenters. The third-order valence-corrected chi connectivity index (χ3v) is 5.28. The molecule has 0 bridgehead atoms. The van der Waals surface area contributed by atoms with E-state index >= 15 is 0 Å². The van der Waals surface area contributed by atoms with E-state index in [9.17, 15) is 9.59 Å². The molecule has 0 fully saturated rings. The predicted octanol–water partition coefficient (Wildman–Crippen LogP) is 5.07. The molecule has 6 nitrogen and oxygen atoms in total. The number of carbonyl (C=O) groups is 2. The second-order valence-electron chi connectivity index (χ2n) is 8.27. The van der Waals surface area contributed by atoms with Crippen LogP contribution < -0.4 is 9.80 Å². The van der Waals surface area contributed by atoms with Gasteiger partial charge in [-0.2, -0.15) is 0 Å². The molecule has 0 aromatic heterocycles. The highest BCUT2D eigenvalue weighted by Crippen LogP contribution is 2.43. The first-order valence-corrected chi connectivity index (χ1v) is 10.3. The molecule has 6 heteroatoms. The summed E-state index contributed by atoms with van der Waals surface area (Å²) in [6, 6.07) is 6.38. The van der Waals surface area contributed by atoms with Crippen LogP contribution in [0.25, 0.3) is 0 Å². The van der Waals surface area contributed by atoms with E-state index in [1.54, 1.807) is 22.2 Å². The molecule has 1 aliphatic rings. The largest absolute Gasteiger partial charge is 0.447 e. The quantitative estimate of drug-likeness (QED) is 0.506. The van der Waals surface area contributed by atoms with Gasteiger partial charge in [0.15, 0.2) is 0 Å². The van der Waals surface area contributed by atoms with Crippen molar-refractivity contribution in [1.29, 1.82) is 0 Å². The minimum absolute atomic E-state index is 0.565. The van der Waals surface area contributed by atoms with Gasteiger partial charge in [0, 0.05) is 26.2 Å². The minimum Gasteiger partial charge on any atom is -0.385 e. The first-order chi connectivity index (χ1) is 14.5. The van der Waals surface area contributed by atoms with Crippen LogP contribution in [0.4, 0.5) is 11.4 Å². The molecule has 0 atom stereocenters. The molecule has 2 aromatic carbocycles. The van der Waals surface area contributed by atoms with Gasteiger partial charge in [-0.05, 0) is 63.8 Å². The number of aryl methyl sites for hydroxylation is 6. The van der Waals surface area contributed by atoms with Crippen molar-refractivity contribution in [1.82, 2.24) is 0 Å². The molecule has 2 aromatic rings. The highest BCUT2D eigenvalue weighted by molar-refractivity contribution is 5.77.